The Labute approximate surface area is 123 Å². The lowest BCUT2D eigenvalue weighted by molar-refractivity contribution is -0.147. The van der Waals surface area contributed by atoms with Crippen LogP contribution in [0, 0.1) is 0 Å². The summed E-state index contributed by atoms with van der Waals surface area (Å²) in [4.78, 5) is 34.7. The molecule has 3 N–H and O–H groups in total. The number of carbonyl (C=O) groups is 3. The highest BCUT2D eigenvalue weighted by atomic mass is 16.6. The fourth-order valence-electron chi connectivity index (χ4n) is 1.90. The first kappa shape index (κ1) is 17.2. The molecular weight excluding hydrogens is 278 g/mol. The van der Waals surface area contributed by atoms with Gasteiger partial charge in [0, 0.05) is 6.54 Å². The van der Waals surface area contributed by atoms with E-state index in [9.17, 15) is 14.4 Å². The Morgan fingerprint density at radius 1 is 1.38 bits per heavy atom. The summed E-state index contributed by atoms with van der Waals surface area (Å²) in [5.74, 6) is -1.40. The predicted octanol–water partition coefficient (Wildman–Crippen LogP) is 0.480. The van der Waals surface area contributed by atoms with Crippen LogP contribution in [0.15, 0.2) is 0 Å². The molecule has 1 fully saturated rings. The molecule has 1 aliphatic rings. The minimum absolute atomic E-state index is 0.396. The molecule has 0 aromatic heterocycles. The van der Waals surface area contributed by atoms with Crippen molar-refractivity contribution in [1.29, 1.82) is 0 Å². The van der Waals surface area contributed by atoms with Crippen LogP contribution in [0.3, 0.4) is 0 Å². The van der Waals surface area contributed by atoms with Crippen molar-refractivity contribution in [3.63, 3.8) is 0 Å². The van der Waals surface area contributed by atoms with E-state index < -0.39 is 35.7 Å². The topological polar surface area (TPSA) is 108 Å². The number of amides is 2. The summed E-state index contributed by atoms with van der Waals surface area (Å²) in [6, 6.07) is -1.59. The van der Waals surface area contributed by atoms with Crippen LogP contribution in [0.2, 0.25) is 0 Å². The summed E-state index contributed by atoms with van der Waals surface area (Å²) in [5, 5.41) is 12.6. The molecule has 0 bridgehead atoms. The molecule has 8 nitrogen and oxygen atoms in total. The number of hydrogen-bond acceptors (Lipinski definition) is 5. The number of carbonyl (C=O) groups excluding carboxylic acids is 2. The van der Waals surface area contributed by atoms with E-state index in [0.717, 1.165) is 0 Å². The molecule has 8 heteroatoms. The van der Waals surface area contributed by atoms with Gasteiger partial charge in [0.15, 0.2) is 0 Å². The van der Waals surface area contributed by atoms with Crippen molar-refractivity contribution >= 4 is 18.0 Å². The third-order valence-electron chi connectivity index (χ3n) is 2.85. The number of hydrazine groups is 1. The standard InChI is InChI=1S/C13H23N3O5/c1-8(14-12(20)21-13(2,3)4)10(17)16-7-5-6-9(15-16)11(18)19/h8-9,15H,5-7H2,1-4H3,(H,14,20)(H,18,19)/t8?,9-/m0/s1. The Bertz CT molecular complexity index is 419. The van der Waals surface area contributed by atoms with Gasteiger partial charge in [-0.3, -0.25) is 14.6 Å². The number of carboxylic acids is 1. The quantitative estimate of drug-likeness (QED) is 0.700. The Kier molecular flexibility index (Phi) is 5.54. The van der Waals surface area contributed by atoms with Crippen molar-refractivity contribution in [2.45, 2.75) is 58.2 Å². The minimum Gasteiger partial charge on any atom is -0.480 e. The van der Waals surface area contributed by atoms with Gasteiger partial charge in [-0.2, -0.15) is 0 Å². The highest BCUT2D eigenvalue weighted by Gasteiger charge is 2.30. The first-order valence-electron chi connectivity index (χ1n) is 6.90. The zero-order valence-electron chi connectivity index (χ0n) is 12.8. The van der Waals surface area contributed by atoms with Crippen molar-refractivity contribution < 1.29 is 24.2 Å². The first-order chi connectivity index (χ1) is 9.60. The average molecular weight is 301 g/mol. The Morgan fingerprint density at radius 2 is 2.00 bits per heavy atom. The molecule has 0 spiro atoms. The maximum absolute atomic E-state index is 12.2. The zero-order valence-corrected chi connectivity index (χ0v) is 12.8. The average Bonchev–Trinajstić information content (AvgIpc) is 2.35. The lowest BCUT2D eigenvalue weighted by atomic mass is 10.1. The van der Waals surface area contributed by atoms with Gasteiger partial charge >= 0.3 is 12.1 Å². The monoisotopic (exact) mass is 301 g/mol. The fourth-order valence-corrected chi connectivity index (χ4v) is 1.90. The van der Waals surface area contributed by atoms with Crippen molar-refractivity contribution in [3.05, 3.63) is 0 Å². The smallest absolute Gasteiger partial charge is 0.408 e. The Hall–Kier alpha value is -1.83. The molecule has 1 aliphatic heterocycles. The van der Waals surface area contributed by atoms with E-state index in [4.69, 9.17) is 9.84 Å². The summed E-state index contributed by atoms with van der Waals surface area (Å²) >= 11 is 0. The van der Waals surface area contributed by atoms with E-state index >= 15 is 0 Å². The third-order valence-corrected chi connectivity index (χ3v) is 2.85. The third kappa shape index (κ3) is 5.58. The number of ether oxygens (including phenoxy) is 1. The van der Waals surface area contributed by atoms with Crippen LogP contribution in [-0.4, -0.2) is 52.3 Å². The van der Waals surface area contributed by atoms with Crippen LogP contribution in [0.5, 0.6) is 0 Å². The van der Waals surface area contributed by atoms with Crippen LogP contribution in [0.4, 0.5) is 4.79 Å². The van der Waals surface area contributed by atoms with Gasteiger partial charge in [0.1, 0.15) is 17.7 Å². The second-order valence-corrected chi connectivity index (χ2v) is 6.02. The van der Waals surface area contributed by atoms with Gasteiger partial charge in [-0.25, -0.2) is 10.2 Å². The van der Waals surface area contributed by atoms with E-state index in [1.165, 1.54) is 11.9 Å². The molecule has 0 radical (unpaired) electrons. The molecule has 1 heterocycles. The van der Waals surface area contributed by atoms with Gasteiger partial charge in [-0.15, -0.1) is 0 Å². The van der Waals surface area contributed by atoms with E-state index in [2.05, 4.69) is 10.7 Å². The summed E-state index contributed by atoms with van der Waals surface area (Å²) in [6.45, 7) is 7.11. The predicted molar refractivity (Wildman–Crippen MR) is 74.3 cm³/mol. The molecule has 21 heavy (non-hydrogen) atoms. The molecule has 1 rings (SSSR count). The zero-order chi connectivity index (χ0) is 16.2. The van der Waals surface area contributed by atoms with E-state index in [1.54, 1.807) is 20.8 Å². The van der Waals surface area contributed by atoms with Gasteiger partial charge in [-0.05, 0) is 40.5 Å². The van der Waals surface area contributed by atoms with E-state index in [1.807, 2.05) is 0 Å². The van der Waals surface area contributed by atoms with Crippen LogP contribution < -0.4 is 10.7 Å². The minimum atomic E-state index is -1.000. The molecule has 1 saturated heterocycles. The number of alkyl carbamates (subject to hydrolysis) is 1. The first-order valence-corrected chi connectivity index (χ1v) is 6.90. The SMILES string of the molecule is CC(NC(=O)OC(C)(C)C)C(=O)N1CCC[C@@H](C(=O)O)N1. The van der Waals surface area contributed by atoms with Crippen LogP contribution >= 0.6 is 0 Å². The normalized spacial score (nSPS) is 20.6. The van der Waals surface area contributed by atoms with Crippen molar-refractivity contribution in [2.24, 2.45) is 0 Å². The number of nitrogens with one attached hydrogen (secondary N) is 2. The molecule has 2 atom stereocenters. The number of aliphatic carboxylic acids is 1. The van der Waals surface area contributed by atoms with Crippen LogP contribution in [0.25, 0.3) is 0 Å². The maximum atomic E-state index is 12.2. The summed E-state index contributed by atoms with van der Waals surface area (Å²) in [7, 11) is 0. The van der Waals surface area contributed by atoms with Crippen molar-refractivity contribution in [1.82, 2.24) is 15.8 Å². The summed E-state index contributed by atoms with van der Waals surface area (Å²) in [5.41, 5.74) is 2.00. The maximum Gasteiger partial charge on any atom is 0.408 e. The fraction of sp³-hybridized carbons (Fsp3) is 0.769. The van der Waals surface area contributed by atoms with Gasteiger partial charge in [0.25, 0.3) is 5.91 Å². The molecule has 0 aromatic rings. The van der Waals surface area contributed by atoms with E-state index in [0.29, 0.717) is 19.4 Å². The van der Waals surface area contributed by atoms with E-state index in [-0.39, 0.29) is 0 Å². The molecule has 0 saturated carbocycles. The second kappa shape index (κ2) is 6.75. The van der Waals surface area contributed by atoms with Gasteiger partial charge < -0.3 is 15.2 Å². The Balaban J connectivity index is 2.54. The summed E-state index contributed by atoms with van der Waals surface area (Å²) < 4.78 is 5.07. The number of rotatable bonds is 3. The van der Waals surface area contributed by atoms with Crippen LogP contribution in [-0.2, 0) is 14.3 Å². The highest BCUT2D eigenvalue weighted by molar-refractivity contribution is 5.85. The number of hydrogen-bond donors (Lipinski definition) is 3. The lowest BCUT2D eigenvalue weighted by Gasteiger charge is -2.33. The van der Waals surface area contributed by atoms with Crippen LogP contribution in [0.1, 0.15) is 40.5 Å². The molecule has 120 valence electrons. The highest BCUT2D eigenvalue weighted by Crippen LogP contribution is 2.10. The molecular formula is C13H23N3O5. The molecule has 0 aromatic carbocycles. The van der Waals surface area contributed by atoms with Gasteiger partial charge in [-0.1, -0.05) is 0 Å². The largest absolute Gasteiger partial charge is 0.480 e. The Morgan fingerprint density at radius 3 is 2.52 bits per heavy atom. The second-order valence-electron chi connectivity index (χ2n) is 6.02. The summed E-state index contributed by atoms with van der Waals surface area (Å²) in [6.07, 6.45) is 0.372. The lowest BCUT2D eigenvalue weighted by Crippen LogP contribution is -2.59. The molecule has 2 amide bonds. The number of nitrogens with zero attached hydrogens (tertiary/aromatic N) is 1. The molecule has 1 unspecified atom stereocenters. The van der Waals surface area contributed by atoms with Gasteiger partial charge in [0.2, 0.25) is 0 Å². The van der Waals surface area contributed by atoms with Gasteiger partial charge in [0.05, 0.1) is 0 Å². The van der Waals surface area contributed by atoms with Crippen molar-refractivity contribution in [3.8, 4) is 0 Å². The number of carboxylic acid groups (broad SMARTS) is 1. The molecule has 0 aliphatic carbocycles. The van der Waals surface area contributed by atoms with Crippen molar-refractivity contribution in [2.75, 3.05) is 6.54 Å².